The number of hydrogen-bond donors (Lipinski definition) is 5. The van der Waals surface area contributed by atoms with Gasteiger partial charge >= 0.3 is 18.1 Å². The molecule has 246 valence electrons. The molecule has 6 N–H and O–H groups in total. The van der Waals surface area contributed by atoms with Crippen LogP contribution in [0.3, 0.4) is 0 Å². The van der Waals surface area contributed by atoms with Crippen molar-refractivity contribution in [3.05, 3.63) is 35.9 Å². The Morgan fingerprint density at radius 1 is 0.932 bits per heavy atom. The molecule has 3 atom stereocenters. The van der Waals surface area contributed by atoms with Crippen molar-refractivity contribution in [2.45, 2.75) is 95.4 Å². The predicted molar refractivity (Wildman–Crippen MR) is 154 cm³/mol. The molecule has 0 aromatic heterocycles. The maximum Gasteiger partial charge on any atom is 0.490 e. The molecule has 11 nitrogen and oxygen atoms in total. The molecule has 0 bridgehead atoms. The second kappa shape index (κ2) is 17.6. The van der Waals surface area contributed by atoms with Crippen molar-refractivity contribution in [3.63, 3.8) is 0 Å². The summed E-state index contributed by atoms with van der Waals surface area (Å²) in [6.07, 6.45) is 1.86. The zero-order valence-corrected chi connectivity index (χ0v) is 24.9. The topological polar surface area (TPSA) is 179 Å². The zero-order chi connectivity index (χ0) is 32.9. The third-order valence-electron chi connectivity index (χ3n) is 7.69. The Kier molecular flexibility index (Phi) is 14.6. The highest BCUT2D eigenvalue weighted by Gasteiger charge is 2.38. The molecule has 1 aromatic carbocycles. The lowest BCUT2D eigenvalue weighted by molar-refractivity contribution is -0.192. The number of carbonyl (C=O) groups excluding carboxylic acids is 3. The molecule has 1 aromatic rings. The molecule has 1 aliphatic carbocycles. The molecule has 1 saturated carbocycles. The molecule has 2 fully saturated rings. The van der Waals surface area contributed by atoms with Gasteiger partial charge < -0.3 is 31.5 Å². The molecule has 1 unspecified atom stereocenters. The van der Waals surface area contributed by atoms with Crippen LogP contribution in [-0.2, 0) is 30.4 Å². The smallest absolute Gasteiger partial charge is 0.481 e. The number of unbranched alkanes of at least 4 members (excludes halogenated alkanes) is 1. The van der Waals surface area contributed by atoms with Gasteiger partial charge in [0.2, 0.25) is 17.7 Å². The van der Waals surface area contributed by atoms with Gasteiger partial charge in [0.05, 0.1) is 12.0 Å². The van der Waals surface area contributed by atoms with E-state index in [-0.39, 0.29) is 17.7 Å². The number of benzene rings is 1. The fourth-order valence-corrected chi connectivity index (χ4v) is 4.82. The van der Waals surface area contributed by atoms with E-state index in [9.17, 15) is 37.5 Å². The minimum absolute atomic E-state index is 0.182. The lowest BCUT2D eigenvalue weighted by Crippen LogP contribution is -2.57. The van der Waals surface area contributed by atoms with Gasteiger partial charge in [-0.15, -0.1) is 0 Å². The second-order valence-corrected chi connectivity index (χ2v) is 11.3. The number of alkyl halides is 3. The molecule has 3 rings (SSSR count). The Morgan fingerprint density at radius 3 is 2.00 bits per heavy atom. The number of nitrogens with zero attached hydrogens (tertiary/aromatic N) is 1. The number of carboxylic acid groups (broad SMARTS) is 2. The molecular weight excluding hydrogens is 585 g/mol. The van der Waals surface area contributed by atoms with Crippen LogP contribution in [0.2, 0.25) is 0 Å². The standard InChI is InChI=1S/C28H42N4O5.C2HF3O2/c1-2-3-9-24(27(35)32-16-14-21(15-17-32)28(36)37)31-26(34)23(13-12-19-10-11-19)30-25(33)22(29)18-20-7-5-4-6-8-20;3-2(4,5)1(6)7/h4-8,19,21-24H,2-3,9-18,29H2,1H3,(H,30,33)(H,31,34)(H,36,37);(H,6,7)/t22-,23-,24?;/m1./s1. The molecule has 1 heterocycles. The largest absolute Gasteiger partial charge is 0.490 e. The number of piperidine rings is 1. The molecule has 3 amide bonds. The van der Waals surface area contributed by atoms with Crippen molar-refractivity contribution < 1.29 is 47.4 Å². The van der Waals surface area contributed by atoms with E-state index >= 15 is 0 Å². The van der Waals surface area contributed by atoms with Crippen LogP contribution in [0.1, 0.15) is 70.3 Å². The first-order valence-corrected chi connectivity index (χ1v) is 14.9. The van der Waals surface area contributed by atoms with Gasteiger partial charge in [-0.05, 0) is 50.0 Å². The van der Waals surface area contributed by atoms with Crippen molar-refractivity contribution in [1.29, 1.82) is 0 Å². The molecular formula is C30H43F3N4O7. The van der Waals surface area contributed by atoms with E-state index in [1.165, 1.54) is 0 Å². The van der Waals surface area contributed by atoms with E-state index in [0.29, 0.717) is 51.1 Å². The number of carbonyl (C=O) groups is 5. The number of carboxylic acids is 2. The SMILES string of the molecule is CCCCC(NC(=O)[C@@H](CCC1CC1)NC(=O)[C@H](N)Cc1ccccc1)C(=O)N1CCC(C(=O)O)CC1.O=C(O)C(F)(F)F. The van der Waals surface area contributed by atoms with Crippen LogP contribution in [0, 0.1) is 11.8 Å². The van der Waals surface area contributed by atoms with Gasteiger partial charge in [-0.25, -0.2) is 4.79 Å². The summed E-state index contributed by atoms with van der Waals surface area (Å²) in [5, 5.41) is 22.1. The third-order valence-corrected chi connectivity index (χ3v) is 7.69. The lowest BCUT2D eigenvalue weighted by atomic mass is 9.96. The first-order chi connectivity index (χ1) is 20.7. The number of likely N-dealkylation sites (tertiary alicyclic amines) is 1. The van der Waals surface area contributed by atoms with E-state index < -0.39 is 42.2 Å². The normalized spacial score (nSPS) is 17.3. The number of amides is 3. The highest BCUT2D eigenvalue weighted by Crippen LogP contribution is 2.34. The Labute approximate surface area is 254 Å². The molecule has 1 aliphatic heterocycles. The van der Waals surface area contributed by atoms with Crippen molar-refractivity contribution in [2.24, 2.45) is 17.6 Å². The number of halogens is 3. The van der Waals surface area contributed by atoms with Crippen LogP contribution in [0.4, 0.5) is 13.2 Å². The van der Waals surface area contributed by atoms with Crippen LogP contribution in [-0.4, -0.2) is 82.2 Å². The lowest BCUT2D eigenvalue weighted by Gasteiger charge is -2.33. The van der Waals surface area contributed by atoms with Gasteiger partial charge in [-0.3, -0.25) is 19.2 Å². The Morgan fingerprint density at radius 2 is 1.50 bits per heavy atom. The Hall–Kier alpha value is -3.68. The first kappa shape index (κ1) is 36.5. The van der Waals surface area contributed by atoms with Gasteiger partial charge in [0.15, 0.2) is 0 Å². The second-order valence-electron chi connectivity index (χ2n) is 11.3. The quantitative estimate of drug-likeness (QED) is 0.209. The summed E-state index contributed by atoms with van der Waals surface area (Å²) >= 11 is 0. The van der Waals surface area contributed by atoms with Crippen LogP contribution in [0.15, 0.2) is 30.3 Å². The summed E-state index contributed by atoms with van der Waals surface area (Å²) in [6.45, 7) is 2.75. The molecule has 0 radical (unpaired) electrons. The minimum Gasteiger partial charge on any atom is -0.481 e. The number of nitrogens with one attached hydrogen (secondary N) is 2. The first-order valence-electron chi connectivity index (χ1n) is 14.9. The van der Waals surface area contributed by atoms with Gasteiger partial charge in [-0.1, -0.05) is 62.9 Å². The van der Waals surface area contributed by atoms with Crippen LogP contribution >= 0.6 is 0 Å². The van der Waals surface area contributed by atoms with Gasteiger partial charge in [-0.2, -0.15) is 13.2 Å². The average molecular weight is 629 g/mol. The highest BCUT2D eigenvalue weighted by atomic mass is 19.4. The minimum atomic E-state index is -5.08. The predicted octanol–water partition coefficient (Wildman–Crippen LogP) is 2.86. The number of rotatable bonds is 14. The number of nitrogens with two attached hydrogens (primary N) is 1. The van der Waals surface area contributed by atoms with Crippen molar-refractivity contribution in [1.82, 2.24) is 15.5 Å². The summed E-state index contributed by atoms with van der Waals surface area (Å²) < 4.78 is 31.7. The van der Waals surface area contributed by atoms with E-state index in [1.54, 1.807) is 4.90 Å². The fourth-order valence-electron chi connectivity index (χ4n) is 4.82. The molecule has 14 heteroatoms. The molecule has 44 heavy (non-hydrogen) atoms. The summed E-state index contributed by atoms with van der Waals surface area (Å²) in [6, 6.07) is 7.26. The third kappa shape index (κ3) is 12.9. The maximum absolute atomic E-state index is 13.4. The summed E-state index contributed by atoms with van der Waals surface area (Å²) in [4.78, 5) is 61.4. The number of hydrogen-bond acceptors (Lipinski definition) is 6. The zero-order valence-electron chi connectivity index (χ0n) is 24.9. The van der Waals surface area contributed by atoms with Crippen LogP contribution in [0.25, 0.3) is 0 Å². The van der Waals surface area contributed by atoms with Crippen molar-refractivity contribution in [3.8, 4) is 0 Å². The fraction of sp³-hybridized carbons (Fsp3) is 0.633. The van der Waals surface area contributed by atoms with E-state index in [4.69, 9.17) is 15.6 Å². The summed E-state index contributed by atoms with van der Waals surface area (Å²) in [5.41, 5.74) is 7.11. The summed E-state index contributed by atoms with van der Waals surface area (Å²) in [7, 11) is 0. The highest BCUT2D eigenvalue weighted by molar-refractivity contribution is 5.93. The van der Waals surface area contributed by atoms with Gasteiger partial charge in [0.1, 0.15) is 12.1 Å². The Bertz CT molecular complexity index is 1110. The average Bonchev–Trinajstić information content (AvgIpc) is 3.81. The van der Waals surface area contributed by atoms with Crippen LogP contribution < -0.4 is 16.4 Å². The monoisotopic (exact) mass is 628 g/mol. The maximum atomic E-state index is 13.4. The van der Waals surface area contributed by atoms with E-state index in [2.05, 4.69) is 10.6 Å². The van der Waals surface area contributed by atoms with E-state index in [1.807, 2.05) is 37.3 Å². The molecule has 1 saturated heterocycles. The van der Waals surface area contributed by atoms with Crippen molar-refractivity contribution in [2.75, 3.05) is 13.1 Å². The van der Waals surface area contributed by atoms with Crippen LogP contribution in [0.5, 0.6) is 0 Å². The number of aliphatic carboxylic acids is 2. The van der Waals surface area contributed by atoms with Gasteiger partial charge in [0, 0.05) is 13.1 Å². The van der Waals surface area contributed by atoms with Crippen molar-refractivity contribution >= 4 is 29.7 Å². The Balaban J connectivity index is 0.000000860. The summed E-state index contributed by atoms with van der Waals surface area (Å²) in [5.74, 6) is -4.37. The van der Waals surface area contributed by atoms with Gasteiger partial charge in [0.25, 0.3) is 0 Å². The molecule has 0 spiro atoms. The molecule has 2 aliphatic rings. The van der Waals surface area contributed by atoms with E-state index in [0.717, 1.165) is 37.7 Å².